The first-order valence-corrected chi connectivity index (χ1v) is 7.24. The van der Waals surface area contributed by atoms with E-state index in [4.69, 9.17) is 16.3 Å². The highest BCUT2D eigenvalue weighted by molar-refractivity contribution is 14.1. The molecule has 17 heavy (non-hydrogen) atoms. The van der Waals surface area contributed by atoms with Crippen LogP contribution in [0.4, 0.5) is 0 Å². The summed E-state index contributed by atoms with van der Waals surface area (Å²) in [5.41, 5.74) is 0.723. The molecule has 0 aromatic carbocycles. The minimum Gasteiger partial charge on any atom is -0.370 e. The second kappa shape index (κ2) is 4.97. The van der Waals surface area contributed by atoms with Crippen molar-refractivity contribution in [1.29, 1.82) is 0 Å². The van der Waals surface area contributed by atoms with Gasteiger partial charge in [-0.15, -0.1) is 0 Å². The van der Waals surface area contributed by atoms with Gasteiger partial charge in [-0.05, 0) is 47.8 Å². The van der Waals surface area contributed by atoms with Crippen LogP contribution in [0.5, 0.6) is 0 Å². The molecule has 0 spiro atoms. The number of hydrogen-bond donors (Lipinski definition) is 0. The van der Waals surface area contributed by atoms with Crippen molar-refractivity contribution in [3.63, 3.8) is 0 Å². The van der Waals surface area contributed by atoms with Crippen molar-refractivity contribution in [1.82, 2.24) is 9.97 Å². The number of hydrogen-bond acceptors (Lipinski definition) is 3. The molecule has 0 bridgehead atoms. The molecule has 1 aromatic heterocycles. The van der Waals surface area contributed by atoms with Crippen LogP contribution in [0.15, 0.2) is 0 Å². The van der Waals surface area contributed by atoms with Crippen LogP contribution in [0.3, 0.4) is 0 Å². The molecule has 1 fully saturated rings. The molecule has 0 amide bonds. The Kier molecular flexibility index (Phi) is 3.95. The lowest BCUT2D eigenvalue weighted by Crippen LogP contribution is -2.38. The standard InChI is InChI=1S/C12H16ClIN2O/c1-7(2)9-8(14)10(13)16-11(15-9)12(17-3)5-4-6-12/h7H,4-6H2,1-3H3. The Hall–Kier alpha value is 0.0600. The Morgan fingerprint density at radius 3 is 2.41 bits per heavy atom. The molecular formula is C12H16ClIN2O. The maximum Gasteiger partial charge on any atom is 0.162 e. The maximum absolute atomic E-state index is 6.19. The van der Waals surface area contributed by atoms with Crippen molar-refractivity contribution < 1.29 is 4.74 Å². The number of ether oxygens (including phenoxy) is 1. The third kappa shape index (κ3) is 2.31. The monoisotopic (exact) mass is 366 g/mol. The fourth-order valence-corrected chi connectivity index (χ4v) is 3.08. The summed E-state index contributed by atoms with van der Waals surface area (Å²) in [6.07, 6.45) is 3.13. The van der Waals surface area contributed by atoms with Gasteiger partial charge in [0, 0.05) is 7.11 Å². The lowest BCUT2D eigenvalue weighted by molar-refractivity contribution is -0.0848. The fourth-order valence-electron chi connectivity index (χ4n) is 2.04. The van der Waals surface area contributed by atoms with E-state index in [1.54, 1.807) is 7.11 Å². The van der Waals surface area contributed by atoms with Crippen LogP contribution in [-0.2, 0) is 10.3 Å². The second-order valence-electron chi connectivity index (χ2n) is 4.74. The first-order chi connectivity index (χ1) is 8.00. The van der Waals surface area contributed by atoms with Crippen molar-refractivity contribution in [2.45, 2.75) is 44.6 Å². The topological polar surface area (TPSA) is 35.0 Å². The molecule has 0 saturated heterocycles. The first kappa shape index (κ1) is 13.5. The molecule has 0 radical (unpaired) electrons. The Morgan fingerprint density at radius 1 is 1.35 bits per heavy atom. The molecule has 1 aliphatic rings. The van der Waals surface area contributed by atoms with Crippen LogP contribution < -0.4 is 0 Å². The average molecular weight is 367 g/mol. The third-order valence-corrected chi connectivity index (χ3v) is 5.00. The van der Waals surface area contributed by atoms with Crippen LogP contribution in [0, 0.1) is 3.57 Å². The van der Waals surface area contributed by atoms with E-state index in [-0.39, 0.29) is 5.60 Å². The van der Waals surface area contributed by atoms with E-state index in [0.29, 0.717) is 11.1 Å². The van der Waals surface area contributed by atoms with Crippen LogP contribution in [0.1, 0.15) is 50.5 Å². The first-order valence-electron chi connectivity index (χ1n) is 5.79. The summed E-state index contributed by atoms with van der Waals surface area (Å²) in [6.45, 7) is 4.23. The lowest BCUT2D eigenvalue weighted by atomic mass is 9.79. The summed E-state index contributed by atoms with van der Waals surface area (Å²) < 4.78 is 6.56. The van der Waals surface area contributed by atoms with E-state index in [2.05, 4.69) is 46.4 Å². The van der Waals surface area contributed by atoms with Crippen LogP contribution >= 0.6 is 34.2 Å². The molecule has 2 rings (SSSR count). The molecule has 3 nitrogen and oxygen atoms in total. The van der Waals surface area contributed by atoms with Gasteiger partial charge in [0.2, 0.25) is 0 Å². The van der Waals surface area contributed by atoms with E-state index in [1.807, 2.05) is 0 Å². The smallest absolute Gasteiger partial charge is 0.162 e. The largest absolute Gasteiger partial charge is 0.370 e. The number of nitrogens with zero attached hydrogens (tertiary/aromatic N) is 2. The molecule has 0 atom stereocenters. The van der Waals surface area contributed by atoms with E-state index < -0.39 is 0 Å². The average Bonchev–Trinajstić information content (AvgIpc) is 2.21. The third-order valence-electron chi connectivity index (χ3n) is 3.34. The second-order valence-corrected chi connectivity index (χ2v) is 6.18. The van der Waals surface area contributed by atoms with Crippen molar-refractivity contribution >= 4 is 34.2 Å². The van der Waals surface area contributed by atoms with Crippen LogP contribution in [-0.4, -0.2) is 17.1 Å². The fraction of sp³-hybridized carbons (Fsp3) is 0.667. The van der Waals surface area contributed by atoms with Gasteiger partial charge >= 0.3 is 0 Å². The van der Waals surface area contributed by atoms with Gasteiger partial charge in [-0.3, -0.25) is 0 Å². The predicted octanol–water partition coefficient (Wildman–Crippen LogP) is 3.88. The SMILES string of the molecule is COC1(c2nc(Cl)c(I)c(C(C)C)n2)CCC1. The summed E-state index contributed by atoms with van der Waals surface area (Å²) >= 11 is 8.40. The zero-order chi connectivity index (χ0) is 12.6. The highest BCUT2D eigenvalue weighted by atomic mass is 127. The zero-order valence-corrected chi connectivity index (χ0v) is 13.2. The van der Waals surface area contributed by atoms with Gasteiger partial charge in [-0.1, -0.05) is 25.4 Å². The number of aromatic nitrogens is 2. The Labute approximate surface area is 120 Å². The molecular weight excluding hydrogens is 351 g/mol. The van der Waals surface area contributed by atoms with E-state index in [0.717, 1.165) is 34.4 Å². The van der Waals surface area contributed by atoms with Crippen LogP contribution in [0.2, 0.25) is 5.15 Å². The van der Waals surface area contributed by atoms with E-state index in [1.165, 1.54) is 0 Å². The molecule has 0 N–H and O–H groups in total. The molecule has 1 heterocycles. The van der Waals surface area contributed by atoms with E-state index >= 15 is 0 Å². The molecule has 1 saturated carbocycles. The number of methoxy groups -OCH3 is 1. The van der Waals surface area contributed by atoms with Gasteiger partial charge in [0.15, 0.2) is 5.82 Å². The minimum atomic E-state index is -0.294. The van der Waals surface area contributed by atoms with Crippen LogP contribution in [0.25, 0.3) is 0 Å². The molecule has 94 valence electrons. The minimum absolute atomic E-state index is 0.294. The van der Waals surface area contributed by atoms with Gasteiger partial charge in [0.1, 0.15) is 10.8 Å². The summed E-state index contributed by atoms with van der Waals surface area (Å²) in [6, 6.07) is 0. The van der Waals surface area contributed by atoms with Gasteiger partial charge < -0.3 is 4.74 Å². The molecule has 0 aliphatic heterocycles. The summed E-state index contributed by atoms with van der Waals surface area (Å²) in [5, 5.41) is 0.544. The molecule has 1 aromatic rings. The molecule has 1 aliphatic carbocycles. The maximum atomic E-state index is 6.19. The van der Waals surface area contributed by atoms with Gasteiger partial charge in [0.05, 0.1) is 9.26 Å². The highest BCUT2D eigenvalue weighted by Crippen LogP contribution is 2.43. The Bertz CT molecular complexity index is 427. The zero-order valence-electron chi connectivity index (χ0n) is 10.3. The molecule has 0 unspecified atom stereocenters. The Morgan fingerprint density at radius 2 is 2.00 bits per heavy atom. The predicted molar refractivity (Wildman–Crippen MR) is 76.4 cm³/mol. The summed E-state index contributed by atoms with van der Waals surface area (Å²) in [4.78, 5) is 9.07. The van der Waals surface area contributed by atoms with Crippen molar-refractivity contribution in [3.05, 3.63) is 20.2 Å². The van der Waals surface area contributed by atoms with Crippen molar-refractivity contribution in [3.8, 4) is 0 Å². The number of rotatable bonds is 3. The number of halogens is 2. The Balaban J connectivity index is 2.49. The summed E-state index contributed by atoms with van der Waals surface area (Å²) in [7, 11) is 1.73. The lowest BCUT2D eigenvalue weighted by Gasteiger charge is -2.39. The summed E-state index contributed by atoms with van der Waals surface area (Å²) in [5.74, 6) is 1.09. The normalized spacial score (nSPS) is 18.2. The highest BCUT2D eigenvalue weighted by Gasteiger charge is 2.42. The van der Waals surface area contributed by atoms with Crippen molar-refractivity contribution in [2.24, 2.45) is 0 Å². The van der Waals surface area contributed by atoms with Crippen molar-refractivity contribution in [2.75, 3.05) is 7.11 Å². The van der Waals surface area contributed by atoms with Gasteiger partial charge in [-0.2, -0.15) is 0 Å². The van der Waals surface area contributed by atoms with E-state index in [9.17, 15) is 0 Å². The quantitative estimate of drug-likeness (QED) is 0.601. The molecule has 5 heteroatoms. The van der Waals surface area contributed by atoms with Gasteiger partial charge in [0.25, 0.3) is 0 Å². The van der Waals surface area contributed by atoms with Gasteiger partial charge in [-0.25, -0.2) is 9.97 Å².